The average molecular weight is 800 g/mol. The molecule has 0 bridgehead atoms. The van der Waals surface area contributed by atoms with E-state index in [9.17, 15) is 0 Å². The van der Waals surface area contributed by atoms with E-state index in [4.69, 9.17) is 4.42 Å². The molecule has 0 fully saturated rings. The molecule has 0 amide bonds. The topological polar surface area (TPSA) is 16.4 Å². The zero-order chi connectivity index (χ0) is 41.2. The Morgan fingerprint density at radius 3 is 1.44 bits per heavy atom. The summed E-state index contributed by atoms with van der Waals surface area (Å²) in [6.07, 6.45) is 0. The van der Waals surface area contributed by atoms with Crippen molar-refractivity contribution in [2.75, 3.05) is 4.90 Å². The number of nitrogens with zero attached hydrogens (tertiary/aromatic N) is 1. The molecule has 12 aromatic rings. The third kappa shape index (κ3) is 4.67. The number of anilines is 3. The highest BCUT2D eigenvalue weighted by molar-refractivity contribution is 6.26. The van der Waals surface area contributed by atoms with Crippen LogP contribution in [0.3, 0.4) is 0 Å². The van der Waals surface area contributed by atoms with Gasteiger partial charge in [-0.1, -0.05) is 170 Å². The summed E-state index contributed by atoms with van der Waals surface area (Å²) < 4.78 is 6.41. The Labute approximate surface area is 364 Å². The predicted octanol–water partition coefficient (Wildman–Crippen LogP) is 16.5. The number of rotatable bonds is 4. The van der Waals surface area contributed by atoms with E-state index in [-0.39, 0.29) is 0 Å². The first-order chi connectivity index (χ1) is 31.3. The molecule has 2 heteroatoms. The molecule has 0 aliphatic heterocycles. The third-order valence-corrected chi connectivity index (χ3v) is 14.0. The van der Waals surface area contributed by atoms with Crippen molar-refractivity contribution in [3.63, 3.8) is 0 Å². The van der Waals surface area contributed by atoms with E-state index in [1.165, 1.54) is 76.8 Å². The van der Waals surface area contributed by atoms with Crippen LogP contribution in [0.15, 0.2) is 229 Å². The molecule has 0 N–H and O–H groups in total. The van der Waals surface area contributed by atoms with Crippen LogP contribution in [-0.2, 0) is 5.41 Å². The number of hydrogen-bond donors (Lipinski definition) is 0. The van der Waals surface area contributed by atoms with E-state index >= 15 is 0 Å². The van der Waals surface area contributed by atoms with Crippen LogP contribution < -0.4 is 4.90 Å². The SMILES string of the molecule is c1ccc(N(c2ccc3c4ccccc4c4ccccc4c3c2)c2cc3c(cc2-c2ccc4oc5ccccc5c4c2)-c2ccccc2C32c3ccccc3-c3ccccc32)cc1. The number of hydrogen-bond acceptors (Lipinski definition) is 2. The molecule has 292 valence electrons. The van der Waals surface area contributed by atoms with Crippen molar-refractivity contribution in [3.8, 4) is 33.4 Å². The molecule has 1 spiro atoms. The third-order valence-electron chi connectivity index (χ3n) is 14.0. The van der Waals surface area contributed by atoms with Crippen LogP contribution in [0.4, 0.5) is 17.1 Å². The van der Waals surface area contributed by atoms with E-state index < -0.39 is 5.41 Å². The zero-order valence-corrected chi connectivity index (χ0v) is 34.2. The fourth-order valence-electron chi connectivity index (χ4n) is 11.5. The summed E-state index contributed by atoms with van der Waals surface area (Å²) in [4.78, 5) is 2.50. The average Bonchev–Trinajstić information content (AvgIpc) is 3.98. The minimum Gasteiger partial charge on any atom is -0.456 e. The van der Waals surface area contributed by atoms with Gasteiger partial charge in [0.2, 0.25) is 0 Å². The first kappa shape index (κ1) is 34.5. The van der Waals surface area contributed by atoms with Crippen molar-refractivity contribution in [3.05, 3.63) is 247 Å². The summed E-state index contributed by atoms with van der Waals surface area (Å²) in [5.74, 6) is 0. The Balaban J connectivity index is 1.12. The maximum atomic E-state index is 6.41. The number of benzene rings is 11. The van der Waals surface area contributed by atoms with Gasteiger partial charge in [0.15, 0.2) is 0 Å². The van der Waals surface area contributed by atoms with Gasteiger partial charge in [0.25, 0.3) is 0 Å². The molecule has 14 rings (SSSR count). The van der Waals surface area contributed by atoms with Gasteiger partial charge in [-0.3, -0.25) is 0 Å². The van der Waals surface area contributed by atoms with Crippen LogP contribution in [0.1, 0.15) is 22.3 Å². The minimum atomic E-state index is -0.502. The van der Waals surface area contributed by atoms with Crippen molar-refractivity contribution in [1.29, 1.82) is 0 Å². The lowest BCUT2D eigenvalue weighted by atomic mass is 9.70. The molecule has 0 radical (unpaired) electrons. The second kappa shape index (κ2) is 12.9. The highest BCUT2D eigenvalue weighted by Crippen LogP contribution is 2.64. The van der Waals surface area contributed by atoms with E-state index in [1.54, 1.807) is 0 Å². The van der Waals surface area contributed by atoms with Crippen LogP contribution in [0.2, 0.25) is 0 Å². The molecule has 1 heterocycles. The quantitative estimate of drug-likeness (QED) is 0.165. The van der Waals surface area contributed by atoms with Gasteiger partial charge in [-0.05, 0) is 137 Å². The molecular weight excluding hydrogens is 763 g/mol. The van der Waals surface area contributed by atoms with Gasteiger partial charge in [-0.2, -0.15) is 0 Å². The lowest BCUT2D eigenvalue weighted by Crippen LogP contribution is -2.26. The van der Waals surface area contributed by atoms with E-state index in [1.807, 2.05) is 6.07 Å². The van der Waals surface area contributed by atoms with Crippen LogP contribution in [0.25, 0.3) is 87.6 Å². The minimum absolute atomic E-state index is 0.502. The summed E-state index contributed by atoms with van der Waals surface area (Å²) >= 11 is 0. The first-order valence-corrected chi connectivity index (χ1v) is 21.8. The Morgan fingerprint density at radius 2 is 0.794 bits per heavy atom. The maximum Gasteiger partial charge on any atom is 0.135 e. The summed E-state index contributed by atoms with van der Waals surface area (Å²) in [6.45, 7) is 0. The summed E-state index contributed by atoms with van der Waals surface area (Å²) in [5.41, 5.74) is 17.3. The largest absolute Gasteiger partial charge is 0.456 e. The summed E-state index contributed by atoms with van der Waals surface area (Å²) in [7, 11) is 0. The Kier molecular flexibility index (Phi) is 7.07. The monoisotopic (exact) mass is 799 g/mol. The van der Waals surface area contributed by atoms with Crippen molar-refractivity contribution < 1.29 is 4.42 Å². The van der Waals surface area contributed by atoms with Gasteiger partial charge < -0.3 is 9.32 Å². The molecule has 2 aliphatic carbocycles. The molecule has 63 heavy (non-hydrogen) atoms. The Bertz CT molecular complexity index is 3790. The summed E-state index contributed by atoms with van der Waals surface area (Å²) in [5, 5.41) is 9.77. The molecule has 1 aromatic heterocycles. The van der Waals surface area contributed by atoms with Crippen LogP contribution in [0, 0.1) is 0 Å². The van der Waals surface area contributed by atoms with Crippen molar-refractivity contribution in [2.24, 2.45) is 0 Å². The smallest absolute Gasteiger partial charge is 0.135 e. The molecule has 0 unspecified atom stereocenters. The molecule has 0 saturated heterocycles. The van der Waals surface area contributed by atoms with Gasteiger partial charge in [0.05, 0.1) is 11.1 Å². The van der Waals surface area contributed by atoms with E-state index in [2.05, 4.69) is 223 Å². The standard InChI is InChI=1S/C61H37NO/c1-2-16-39(17-3-1)62(40-31-32-45-43-20-5-4-18-41(43)42-19-6-7-21-44(42)51(45)35-40)58-37-57-52(36-50(58)38-30-33-60-53(34-38)49-25-11-15-29-59(49)63-60)48-24-10-14-28-56(48)61(57)54-26-12-8-22-46(54)47-23-9-13-27-55(47)61/h1-37H. The maximum absolute atomic E-state index is 6.41. The fourth-order valence-corrected chi connectivity index (χ4v) is 11.5. The molecule has 11 aromatic carbocycles. The molecule has 2 aliphatic rings. The number of fused-ring (bicyclic) bond motifs is 19. The van der Waals surface area contributed by atoms with Crippen LogP contribution in [-0.4, -0.2) is 0 Å². The van der Waals surface area contributed by atoms with Gasteiger partial charge in [0, 0.05) is 27.7 Å². The fraction of sp³-hybridized carbons (Fsp3) is 0.0164. The first-order valence-electron chi connectivity index (χ1n) is 21.8. The highest BCUT2D eigenvalue weighted by Gasteiger charge is 2.52. The van der Waals surface area contributed by atoms with Crippen LogP contribution in [0.5, 0.6) is 0 Å². The highest BCUT2D eigenvalue weighted by atomic mass is 16.3. The van der Waals surface area contributed by atoms with Gasteiger partial charge in [0.1, 0.15) is 11.2 Å². The normalized spacial score (nSPS) is 13.2. The second-order valence-electron chi connectivity index (χ2n) is 17.1. The molecule has 0 atom stereocenters. The number of furan rings is 1. The van der Waals surface area contributed by atoms with Crippen molar-refractivity contribution in [1.82, 2.24) is 0 Å². The predicted molar refractivity (Wildman–Crippen MR) is 263 cm³/mol. The van der Waals surface area contributed by atoms with Crippen LogP contribution >= 0.6 is 0 Å². The van der Waals surface area contributed by atoms with Crippen molar-refractivity contribution in [2.45, 2.75) is 5.41 Å². The molecular formula is C61H37NO. The van der Waals surface area contributed by atoms with Gasteiger partial charge >= 0.3 is 0 Å². The van der Waals surface area contributed by atoms with Gasteiger partial charge in [-0.25, -0.2) is 0 Å². The Morgan fingerprint density at radius 1 is 0.286 bits per heavy atom. The summed E-state index contributed by atoms with van der Waals surface area (Å²) in [6, 6.07) is 83.1. The molecule has 0 saturated carbocycles. The molecule has 2 nitrogen and oxygen atoms in total. The lowest BCUT2D eigenvalue weighted by Gasteiger charge is -2.33. The van der Waals surface area contributed by atoms with Crippen molar-refractivity contribution >= 4 is 71.3 Å². The number of para-hydroxylation sites is 2. The lowest BCUT2D eigenvalue weighted by molar-refractivity contribution is 0.669. The van der Waals surface area contributed by atoms with E-state index in [0.717, 1.165) is 50.1 Å². The van der Waals surface area contributed by atoms with Gasteiger partial charge in [-0.15, -0.1) is 0 Å². The Hall–Kier alpha value is -8.20. The zero-order valence-electron chi connectivity index (χ0n) is 34.2. The second-order valence-corrected chi connectivity index (χ2v) is 17.1. The van der Waals surface area contributed by atoms with E-state index in [0.29, 0.717) is 0 Å².